The maximum Gasteiger partial charge on any atom is 0.122 e. The van der Waals surface area contributed by atoms with Crippen molar-refractivity contribution in [3.05, 3.63) is 29.3 Å². The number of rotatable bonds is 5. The van der Waals surface area contributed by atoms with Crippen molar-refractivity contribution in [3.63, 3.8) is 0 Å². The molecule has 2 rings (SSSR count). The average Bonchev–Trinajstić information content (AvgIpc) is 2.33. The topological polar surface area (TPSA) is 29.5 Å². The molecular formula is C16H24O2. The van der Waals surface area contributed by atoms with Crippen LogP contribution in [0, 0.1) is 0 Å². The molecule has 1 aliphatic rings. The largest absolute Gasteiger partial charge is 0.493 e. The number of benzene rings is 1. The third-order valence-corrected chi connectivity index (χ3v) is 3.48. The fourth-order valence-electron chi connectivity index (χ4n) is 2.46. The molecule has 1 aromatic rings. The van der Waals surface area contributed by atoms with E-state index in [1.54, 1.807) is 0 Å². The van der Waals surface area contributed by atoms with Crippen LogP contribution in [0.5, 0.6) is 5.75 Å². The predicted molar refractivity (Wildman–Crippen MR) is 74.1 cm³/mol. The summed E-state index contributed by atoms with van der Waals surface area (Å²) in [6, 6.07) is 6.58. The van der Waals surface area contributed by atoms with Crippen molar-refractivity contribution >= 4 is 0 Å². The van der Waals surface area contributed by atoms with Crippen molar-refractivity contribution in [1.82, 2.24) is 0 Å². The zero-order chi connectivity index (χ0) is 13.0. The van der Waals surface area contributed by atoms with Gasteiger partial charge in [0.2, 0.25) is 0 Å². The fourth-order valence-corrected chi connectivity index (χ4v) is 2.46. The second-order valence-corrected chi connectivity index (χ2v) is 5.91. The van der Waals surface area contributed by atoms with E-state index in [4.69, 9.17) is 4.74 Å². The summed E-state index contributed by atoms with van der Waals surface area (Å²) in [6.45, 7) is 4.62. The van der Waals surface area contributed by atoms with Crippen LogP contribution in [-0.2, 0) is 12.8 Å². The van der Waals surface area contributed by atoms with Gasteiger partial charge < -0.3 is 9.84 Å². The first kappa shape index (κ1) is 13.4. The number of unbranched alkanes of at least 4 members (excludes halogenated alkanes) is 1. The van der Waals surface area contributed by atoms with Crippen LogP contribution in [-0.4, -0.2) is 17.3 Å². The molecule has 18 heavy (non-hydrogen) atoms. The van der Waals surface area contributed by atoms with Gasteiger partial charge in [0.1, 0.15) is 5.75 Å². The molecule has 0 bridgehead atoms. The quantitative estimate of drug-likeness (QED) is 0.808. The zero-order valence-corrected chi connectivity index (χ0v) is 11.5. The fraction of sp³-hybridized carbons (Fsp3) is 0.625. The van der Waals surface area contributed by atoms with E-state index in [2.05, 4.69) is 18.2 Å². The molecule has 1 aliphatic heterocycles. The lowest BCUT2D eigenvalue weighted by Gasteiger charge is -2.18. The second-order valence-electron chi connectivity index (χ2n) is 5.91. The number of ether oxygens (including phenoxy) is 1. The number of fused-ring (bicyclic) bond motifs is 1. The van der Waals surface area contributed by atoms with E-state index in [9.17, 15) is 5.11 Å². The Kier molecular flexibility index (Phi) is 4.28. The van der Waals surface area contributed by atoms with E-state index in [1.165, 1.54) is 11.1 Å². The number of aliphatic hydroxyl groups is 1. The minimum atomic E-state index is -0.524. The van der Waals surface area contributed by atoms with Crippen molar-refractivity contribution in [2.75, 3.05) is 6.61 Å². The number of hydrogen-bond acceptors (Lipinski definition) is 2. The summed E-state index contributed by atoms with van der Waals surface area (Å²) in [4.78, 5) is 0. The Morgan fingerprint density at radius 2 is 2.11 bits per heavy atom. The summed E-state index contributed by atoms with van der Waals surface area (Å²) in [5, 5.41) is 9.66. The molecule has 1 N–H and O–H groups in total. The number of hydrogen-bond donors (Lipinski definition) is 1. The molecule has 0 atom stereocenters. The van der Waals surface area contributed by atoms with Crippen molar-refractivity contribution in [1.29, 1.82) is 0 Å². The minimum absolute atomic E-state index is 0.524. The molecule has 0 fully saturated rings. The van der Waals surface area contributed by atoms with Gasteiger partial charge in [-0.25, -0.2) is 0 Å². The summed E-state index contributed by atoms with van der Waals surface area (Å²) in [5.74, 6) is 1.07. The zero-order valence-electron chi connectivity index (χ0n) is 11.5. The summed E-state index contributed by atoms with van der Waals surface area (Å²) in [6.07, 6.45) is 6.48. The van der Waals surface area contributed by atoms with E-state index >= 15 is 0 Å². The van der Waals surface area contributed by atoms with E-state index in [-0.39, 0.29) is 0 Å². The lowest BCUT2D eigenvalue weighted by molar-refractivity contribution is 0.0682. The van der Waals surface area contributed by atoms with E-state index < -0.39 is 5.60 Å². The van der Waals surface area contributed by atoms with Crippen LogP contribution in [0.4, 0.5) is 0 Å². The Labute approximate surface area is 110 Å². The third-order valence-electron chi connectivity index (χ3n) is 3.48. The van der Waals surface area contributed by atoms with Gasteiger partial charge in [0.05, 0.1) is 12.2 Å². The summed E-state index contributed by atoms with van der Waals surface area (Å²) in [5.41, 5.74) is 2.24. The van der Waals surface area contributed by atoms with Gasteiger partial charge in [-0.1, -0.05) is 18.6 Å². The highest BCUT2D eigenvalue weighted by atomic mass is 16.5. The van der Waals surface area contributed by atoms with Crippen molar-refractivity contribution in [2.45, 2.75) is 58.0 Å². The Morgan fingerprint density at radius 1 is 1.28 bits per heavy atom. The highest BCUT2D eigenvalue weighted by Crippen LogP contribution is 2.26. The van der Waals surface area contributed by atoms with Crippen LogP contribution in [0.1, 0.15) is 50.7 Å². The maximum atomic E-state index is 9.66. The SMILES string of the molecule is CC(C)(O)CCCCc1ccc2c(c1)CCCO2. The van der Waals surface area contributed by atoms with Gasteiger partial charge in [-0.05, 0) is 63.1 Å². The molecule has 0 aliphatic carbocycles. The van der Waals surface area contributed by atoms with Crippen LogP contribution >= 0.6 is 0 Å². The first-order valence-electron chi connectivity index (χ1n) is 7.02. The van der Waals surface area contributed by atoms with Gasteiger partial charge >= 0.3 is 0 Å². The molecule has 2 heteroatoms. The van der Waals surface area contributed by atoms with Crippen molar-refractivity contribution in [3.8, 4) is 5.75 Å². The Morgan fingerprint density at radius 3 is 2.89 bits per heavy atom. The Hall–Kier alpha value is -1.02. The van der Waals surface area contributed by atoms with Gasteiger partial charge in [-0.15, -0.1) is 0 Å². The molecular weight excluding hydrogens is 224 g/mol. The van der Waals surface area contributed by atoms with E-state index in [1.807, 2.05) is 13.8 Å². The minimum Gasteiger partial charge on any atom is -0.493 e. The van der Waals surface area contributed by atoms with Gasteiger partial charge in [0.25, 0.3) is 0 Å². The van der Waals surface area contributed by atoms with E-state index in [0.29, 0.717) is 0 Å². The first-order chi connectivity index (χ1) is 8.54. The Balaban J connectivity index is 1.83. The standard InChI is InChI=1S/C16H24O2/c1-16(2,17)10-4-3-6-13-8-9-15-14(12-13)7-5-11-18-15/h8-9,12,17H,3-7,10-11H2,1-2H3. The smallest absolute Gasteiger partial charge is 0.122 e. The summed E-state index contributed by atoms with van der Waals surface area (Å²) < 4.78 is 5.62. The molecule has 1 aromatic carbocycles. The summed E-state index contributed by atoms with van der Waals surface area (Å²) >= 11 is 0. The molecule has 0 spiro atoms. The molecule has 0 saturated carbocycles. The molecule has 2 nitrogen and oxygen atoms in total. The Bertz CT molecular complexity index is 391. The number of aryl methyl sites for hydroxylation is 2. The van der Waals surface area contributed by atoms with Crippen molar-refractivity contribution < 1.29 is 9.84 Å². The van der Waals surface area contributed by atoms with Gasteiger partial charge in [0, 0.05) is 0 Å². The highest BCUT2D eigenvalue weighted by Gasteiger charge is 2.12. The molecule has 0 unspecified atom stereocenters. The molecule has 0 radical (unpaired) electrons. The van der Waals surface area contributed by atoms with E-state index in [0.717, 1.165) is 50.9 Å². The first-order valence-corrected chi connectivity index (χ1v) is 7.02. The highest BCUT2D eigenvalue weighted by molar-refractivity contribution is 5.38. The monoisotopic (exact) mass is 248 g/mol. The molecule has 0 amide bonds. The maximum absolute atomic E-state index is 9.66. The van der Waals surface area contributed by atoms with Crippen LogP contribution in [0.25, 0.3) is 0 Å². The second kappa shape index (κ2) is 5.75. The van der Waals surface area contributed by atoms with Gasteiger partial charge in [-0.2, -0.15) is 0 Å². The molecule has 0 saturated heterocycles. The summed E-state index contributed by atoms with van der Waals surface area (Å²) in [7, 11) is 0. The molecule has 0 aromatic heterocycles. The molecule has 1 heterocycles. The third kappa shape index (κ3) is 4.02. The van der Waals surface area contributed by atoms with Crippen LogP contribution in [0.15, 0.2) is 18.2 Å². The van der Waals surface area contributed by atoms with Crippen LogP contribution in [0.3, 0.4) is 0 Å². The van der Waals surface area contributed by atoms with Gasteiger partial charge in [0.15, 0.2) is 0 Å². The normalized spacial score (nSPS) is 15.1. The predicted octanol–water partition coefficient (Wildman–Crippen LogP) is 3.50. The van der Waals surface area contributed by atoms with Crippen molar-refractivity contribution in [2.24, 2.45) is 0 Å². The van der Waals surface area contributed by atoms with Gasteiger partial charge in [-0.3, -0.25) is 0 Å². The van der Waals surface area contributed by atoms with Crippen LogP contribution < -0.4 is 4.74 Å². The lowest BCUT2D eigenvalue weighted by atomic mass is 9.97. The lowest BCUT2D eigenvalue weighted by Crippen LogP contribution is -2.17. The molecule has 100 valence electrons. The average molecular weight is 248 g/mol. The van der Waals surface area contributed by atoms with Crippen LogP contribution in [0.2, 0.25) is 0 Å².